The second kappa shape index (κ2) is 17.7. The fourth-order valence-electron chi connectivity index (χ4n) is 5.01. The minimum atomic E-state index is -1.24. The lowest BCUT2D eigenvalue weighted by Crippen LogP contribution is -2.57. The molecule has 0 radical (unpaired) electrons. The summed E-state index contributed by atoms with van der Waals surface area (Å²) in [6, 6.07) is 12.5. The van der Waals surface area contributed by atoms with Crippen molar-refractivity contribution in [3.05, 3.63) is 71.3 Å². The van der Waals surface area contributed by atoms with Crippen LogP contribution in [-0.2, 0) is 41.5 Å². The molecule has 2 rings (SSSR count). The molecule has 0 saturated heterocycles. The van der Waals surface area contributed by atoms with Crippen molar-refractivity contribution >= 4 is 29.8 Å². The van der Waals surface area contributed by atoms with Gasteiger partial charge in [0.25, 0.3) is 0 Å². The van der Waals surface area contributed by atoms with Gasteiger partial charge in [-0.05, 0) is 84.4 Å². The Balaban J connectivity index is 2.66. The van der Waals surface area contributed by atoms with Gasteiger partial charge in [0.1, 0.15) is 29.3 Å². The number of carbonyl (C=O) groups excluding carboxylic acids is 5. The molecule has 4 amide bonds. The summed E-state index contributed by atoms with van der Waals surface area (Å²) in [4.78, 5) is 68.7. The van der Waals surface area contributed by atoms with Crippen LogP contribution < -0.4 is 16.4 Å². The number of aryl methyl sites for hydroxylation is 1. The fraction of sp³-hybridized carbons (Fsp3) is 0.541. The smallest absolute Gasteiger partial charge is 0.408 e. The summed E-state index contributed by atoms with van der Waals surface area (Å²) in [6.45, 7) is 16.0. The lowest BCUT2D eigenvalue weighted by atomic mass is 9.97. The highest BCUT2D eigenvalue weighted by Gasteiger charge is 2.40. The van der Waals surface area contributed by atoms with E-state index in [4.69, 9.17) is 15.2 Å². The number of nitrogens with one attached hydrogen (secondary N) is 2. The van der Waals surface area contributed by atoms with Crippen LogP contribution >= 0.6 is 0 Å². The third kappa shape index (κ3) is 13.0. The zero-order valence-electron chi connectivity index (χ0n) is 29.9. The van der Waals surface area contributed by atoms with E-state index in [2.05, 4.69) is 10.6 Å². The second-order valence-corrected chi connectivity index (χ2v) is 14.0. The molecule has 4 unspecified atom stereocenters. The average molecular weight is 667 g/mol. The molecule has 0 heterocycles. The number of alkyl carbamates (subject to hydrolysis) is 1. The topological polar surface area (TPSA) is 157 Å². The molecule has 0 aliphatic heterocycles. The maximum atomic E-state index is 14.5. The number of amides is 4. The summed E-state index contributed by atoms with van der Waals surface area (Å²) >= 11 is 0. The van der Waals surface area contributed by atoms with Crippen molar-refractivity contribution in [3.8, 4) is 0 Å². The first kappa shape index (κ1) is 39.8. The average Bonchev–Trinajstić information content (AvgIpc) is 2.99. The highest BCUT2D eigenvalue weighted by atomic mass is 16.6. The van der Waals surface area contributed by atoms with E-state index >= 15 is 0 Å². The van der Waals surface area contributed by atoms with Crippen LogP contribution in [0.5, 0.6) is 0 Å². The van der Waals surface area contributed by atoms with Gasteiger partial charge in [-0.1, -0.05) is 68.4 Å². The monoisotopic (exact) mass is 666 g/mol. The molecule has 0 aliphatic carbocycles. The predicted octanol–water partition coefficient (Wildman–Crippen LogP) is 5.15. The maximum absolute atomic E-state index is 14.5. The Morgan fingerprint density at radius 3 is 1.88 bits per heavy atom. The molecule has 0 fully saturated rings. The number of nitrogens with two attached hydrogens (primary N) is 1. The van der Waals surface area contributed by atoms with Gasteiger partial charge in [0, 0.05) is 18.9 Å². The van der Waals surface area contributed by atoms with Crippen molar-refractivity contribution in [1.82, 2.24) is 15.5 Å². The van der Waals surface area contributed by atoms with Crippen LogP contribution in [0.2, 0.25) is 0 Å². The maximum Gasteiger partial charge on any atom is 0.408 e. The van der Waals surface area contributed by atoms with Crippen LogP contribution in [0.15, 0.2) is 54.6 Å². The molecule has 0 aliphatic rings. The number of hydrogen-bond donors (Lipinski definition) is 3. The molecule has 4 atom stereocenters. The van der Waals surface area contributed by atoms with Gasteiger partial charge in [-0.15, -0.1) is 0 Å². The van der Waals surface area contributed by atoms with E-state index in [1.165, 1.54) is 4.90 Å². The van der Waals surface area contributed by atoms with Crippen LogP contribution in [0.25, 0.3) is 0 Å². The summed E-state index contributed by atoms with van der Waals surface area (Å²) in [5.41, 5.74) is 6.11. The first-order valence-electron chi connectivity index (χ1n) is 16.6. The molecule has 0 aromatic heterocycles. The van der Waals surface area contributed by atoms with E-state index in [0.717, 1.165) is 17.5 Å². The number of benzene rings is 2. The first-order valence-corrected chi connectivity index (χ1v) is 16.6. The fourth-order valence-corrected chi connectivity index (χ4v) is 5.01. The van der Waals surface area contributed by atoms with Gasteiger partial charge in [0.05, 0.1) is 0 Å². The Kier molecular flexibility index (Phi) is 14.6. The molecular formula is C37H54N4O7. The molecule has 0 bridgehead atoms. The van der Waals surface area contributed by atoms with Gasteiger partial charge in [-0.2, -0.15) is 0 Å². The largest absolute Gasteiger partial charge is 0.458 e. The van der Waals surface area contributed by atoms with Gasteiger partial charge in [0.15, 0.2) is 0 Å². The molecule has 2 aromatic rings. The summed E-state index contributed by atoms with van der Waals surface area (Å²) in [5.74, 6) is -2.48. The highest BCUT2D eigenvalue weighted by molar-refractivity contribution is 5.94. The number of ether oxygens (including phenoxy) is 2. The standard InChI is InChI=1S/C37H54N4O7/c1-10-24(3)41(33(44)28(21-22-30(38)42)40-35(46)48-37(7,8)9)31(27-19-17-25(11-2)18-20-27)32(43)39-29(34(45)47-36(4,5)6)23-26-15-13-12-14-16-26/h12-20,24,28-29,31H,10-11,21-23H2,1-9H3,(H2,38,42)(H,39,43)(H,40,46). The van der Waals surface area contributed by atoms with E-state index in [-0.39, 0.29) is 19.3 Å². The zero-order chi connectivity index (χ0) is 36.2. The van der Waals surface area contributed by atoms with Crippen molar-refractivity contribution in [1.29, 1.82) is 0 Å². The van der Waals surface area contributed by atoms with E-state index < -0.39 is 65.2 Å². The summed E-state index contributed by atoms with van der Waals surface area (Å²) in [7, 11) is 0. The Morgan fingerprint density at radius 2 is 1.38 bits per heavy atom. The van der Waals surface area contributed by atoms with E-state index in [9.17, 15) is 24.0 Å². The molecule has 11 nitrogen and oxygen atoms in total. The molecule has 264 valence electrons. The number of nitrogens with zero attached hydrogens (tertiary/aromatic N) is 1. The number of rotatable bonds is 15. The summed E-state index contributed by atoms with van der Waals surface area (Å²) in [5, 5.41) is 5.50. The molecule has 48 heavy (non-hydrogen) atoms. The number of primary amides is 1. The molecule has 11 heteroatoms. The Labute approximate surface area is 285 Å². The van der Waals surface area contributed by atoms with Crippen molar-refractivity contribution < 1.29 is 33.4 Å². The van der Waals surface area contributed by atoms with Gasteiger partial charge in [-0.25, -0.2) is 9.59 Å². The minimum absolute atomic E-state index is 0.113. The van der Waals surface area contributed by atoms with Crippen LogP contribution in [0.1, 0.15) is 104 Å². The Morgan fingerprint density at radius 1 is 0.792 bits per heavy atom. The summed E-state index contributed by atoms with van der Waals surface area (Å²) < 4.78 is 11.1. The molecule has 0 saturated carbocycles. The molecule has 4 N–H and O–H groups in total. The normalized spacial score (nSPS) is 14.1. The van der Waals surface area contributed by atoms with Crippen molar-refractivity contribution in [2.24, 2.45) is 5.73 Å². The van der Waals surface area contributed by atoms with Crippen LogP contribution in [0, 0.1) is 0 Å². The van der Waals surface area contributed by atoms with Crippen LogP contribution in [-0.4, -0.2) is 64.0 Å². The van der Waals surface area contributed by atoms with Crippen LogP contribution in [0.4, 0.5) is 4.79 Å². The van der Waals surface area contributed by atoms with E-state index in [0.29, 0.717) is 12.0 Å². The van der Waals surface area contributed by atoms with Crippen molar-refractivity contribution in [2.45, 2.75) is 130 Å². The van der Waals surface area contributed by atoms with Crippen molar-refractivity contribution in [3.63, 3.8) is 0 Å². The second-order valence-electron chi connectivity index (χ2n) is 14.0. The minimum Gasteiger partial charge on any atom is -0.458 e. The van der Waals surface area contributed by atoms with Gasteiger partial charge in [0.2, 0.25) is 17.7 Å². The van der Waals surface area contributed by atoms with E-state index in [1.54, 1.807) is 60.6 Å². The quantitative estimate of drug-likeness (QED) is 0.222. The molecular weight excluding hydrogens is 612 g/mol. The third-order valence-corrected chi connectivity index (χ3v) is 7.51. The first-order chi connectivity index (χ1) is 22.3. The van der Waals surface area contributed by atoms with Crippen molar-refractivity contribution in [2.75, 3.05) is 0 Å². The Bertz CT molecular complexity index is 1380. The summed E-state index contributed by atoms with van der Waals surface area (Å²) in [6.07, 6.45) is 0.213. The number of esters is 1. The van der Waals surface area contributed by atoms with Gasteiger partial charge >= 0.3 is 12.1 Å². The zero-order valence-corrected chi connectivity index (χ0v) is 29.9. The number of hydrogen-bond acceptors (Lipinski definition) is 7. The van der Waals surface area contributed by atoms with E-state index in [1.807, 2.05) is 56.3 Å². The highest BCUT2D eigenvalue weighted by Crippen LogP contribution is 2.28. The predicted molar refractivity (Wildman–Crippen MR) is 185 cm³/mol. The molecule has 2 aromatic carbocycles. The SMILES string of the molecule is CCc1ccc(C(C(=O)NC(Cc2ccccc2)C(=O)OC(C)(C)C)N(C(=O)C(CCC(N)=O)NC(=O)OC(C)(C)C)C(C)CC)cc1. The molecule has 0 spiro atoms. The third-order valence-electron chi connectivity index (χ3n) is 7.51. The number of carbonyl (C=O) groups is 5. The Hall–Kier alpha value is -4.41. The van der Waals surface area contributed by atoms with Gasteiger partial charge < -0.3 is 30.7 Å². The lowest BCUT2D eigenvalue weighted by molar-refractivity contribution is -0.159. The van der Waals surface area contributed by atoms with Gasteiger partial charge in [-0.3, -0.25) is 14.4 Å². The van der Waals surface area contributed by atoms with Crippen LogP contribution in [0.3, 0.4) is 0 Å². The lowest BCUT2D eigenvalue weighted by Gasteiger charge is -2.39.